The maximum atomic E-state index is 11.9. The number of nitrogens with zero attached hydrogens (tertiary/aromatic N) is 1. The lowest BCUT2D eigenvalue weighted by Gasteiger charge is -2.16. The molecule has 0 aromatic heterocycles. The molecule has 0 fully saturated rings. The minimum absolute atomic E-state index is 0.206. The van der Waals surface area contributed by atoms with E-state index in [0.29, 0.717) is 5.56 Å². The predicted molar refractivity (Wildman–Crippen MR) is 71.0 cm³/mol. The molecule has 2 N–H and O–H groups in total. The Kier molecular flexibility index (Phi) is 5.64. The summed E-state index contributed by atoms with van der Waals surface area (Å²) in [6.07, 6.45) is -0.0323. The van der Waals surface area contributed by atoms with Gasteiger partial charge in [-0.3, -0.25) is 14.9 Å². The summed E-state index contributed by atoms with van der Waals surface area (Å²) in [5.74, 6) is -1.84. The highest BCUT2D eigenvalue weighted by Gasteiger charge is 2.29. The standard InChI is InChI=1S/C13H16N2O5/c1-2-10(15(19)20)8-11(13(17)18)14-12(16)9-6-4-3-5-7-9/h3-7,10-11H,2,8H2,1H3,(H,14,16)(H,17,18). The molecule has 0 bridgehead atoms. The van der Waals surface area contributed by atoms with Crippen LogP contribution in [0.25, 0.3) is 0 Å². The fourth-order valence-electron chi connectivity index (χ4n) is 1.73. The van der Waals surface area contributed by atoms with E-state index < -0.39 is 28.9 Å². The molecule has 1 aromatic rings. The van der Waals surface area contributed by atoms with Gasteiger partial charge in [0.25, 0.3) is 5.91 Å². The maximum Gasteiger partial charge on any atom is 0.326 e. The minimum atomic E-state index is -1.28. The van der Waals surface area contributed by atoms with Crippen molar-refractivity contribution in [3.63, 3.8) is 0 Å². The molecule has 0 radical (unpaired) electrons. The fraction of sp³-hybridized carbons (Fsp3) is 0.385. The van der Waals surface area contributed by atoms with Gasteiger partial charge < -0.3 is 10.4 Å². The van der Waals surface area contributed by atoms with Crippen molar-refractivity contribution in [2.45, 2.75) is 31.8 Å². The van der Waals surface area contributed by atoms with E-state index >= 15 is 0 Å². The molecule has 0 saturated heterocycles. The summed E-state index contributed by atoms with van der Waals surface area (Å²) in [4.78, 5) is 33.2. The molecule has 7 heteroatoms. The first-order valence-corrected chi connectivity index (χ1v) is 6.18. The number of carboxylic acid groups (broad SMARTS) is 1. The molecule has 0 heterocycles. The highest BCUT2D eigenvalue weighted by atomic mass is 16.6. The van der Waals surface area contributed by atoms with E-state index in [0.717, 1.165) is 0 Å². The molecule has 1 rings (SSSR count). The molecule has 2 atom stereocenters. The van der Waals surface area contributed by atoms with Crippen molar-refractivity contribution >= 4 is 11.9 Å². The number of hydrogen-bond acceptors (Lipinski definition) is 4. The summed E-state index contributed by atoms with van der Waals surface area (Å²) in [6.45, 7) is 1.60. The van der Waals surface area contributed by atoms with Gasteiger partial charge in [-0.25, -0.2) is 4.79 Å². The number of carbonyl (C=O) groups excluding carboxylic acids is 1. The second-order valence-corrected chi connectivity index (χ2v) is 4.31. The van der Waals surface area contributed by atoms with Crippen LogP contribution in [0, 0.1) is 10.1 Å². The Morgan fingerprint density at radius 2 is 1.95 bits per heavy atom. The zero-order valence-corrected chi connectivity index (χ0v) is 11.0. The van der Waals surface area contributed by atoms with Gasteiger partial charge in [0.05, 0.1) is 0 Å². The third-order valence-corrected chi connectivity index (χ3v) is 2.92. The van der Waals surface area contributed by atoms with E-state index in [1.165, 1.54) is 0 Å². The van der Waals surface area contributed by atoms with Crippen LogP contribution in [-0.4, -0.2) is 34.0 Å². The number of benzene rings is 1. The molecule has 7 nitrogen and oxygen atoms in total. The fourth-order valence-corrected chi connectivity index (χ4v) is 1.73. The van der Waals surface area contributed by atoms with Gasteiger partial charge in [0.2, 0.25) is 6.04 Å². The number of carboxylic acids is 1. The molecule has 0 aliphatic rings. The Labute approximate surface area is 115 Å². The number of hydrogen-bond donors (Lipinski definition) is 2. The Balaban J connectivity index is 2.75. The number of nitrogens with one attached hydrogen (secondary N) is 1. The average Bonchev–Trinajstić information content (AvgIpc) is 2.43. The molecule has 108 valence electrons. The molecular formula is C13H16N2O5. The Morgan fingerprint density at radius 3 is 2.40 bits per heavy atom. The summed E-state index contributed by atoms with van der Waals surface area (Å²) in [5, 5.41) is 22.1. The lowest BCUT2D eigenvalue weighted by atomic mass is 10.0. The first-order chi connectivity index (χ1) is 9.45. The van der Waals surface area contributed by atoms with Crippen molar-refractivity contribution in [2.24, 2.45) is 0 Å². The monoisotopic (exact) mass is 280 g/mol. The maximum absolute atomic E-state index is 11.9. The first-order valence-electron chi connectivity index (χ1n) is 6.18. The van der Waals surface area contributed by atoms with Gasteiger partial charge >= 0.3 is 5.97 Å². The molecule has 1 aromatic carbocycles. The molecule has 20 heavy (non-hydrogen) atoms. The second kappa shape index (κ2) is 7.22. The van der Waals surface area contributed by atoms with E-state index in [1.807, 2.05) is 0 Å². The van der Waals surface area contributed by atoms with Crippen molar-refractivity contribution in [3.8, 4) is 0 Å². The molecule has 2 unspecified atom stereocenters. The van der Waals surface area contributed by atoms with Gasteiger partial charge in [0.15, 0.2) is 0 Å². The highest BCUT2D eigenvalue weighted by molar-refractivity contribution is 5.96. The van der Waals surface area contributed by atoms with Crippen molar-refractivity contribution in [2.75, 3.05) is 0 Å². The summed E-state index contributed by atoms with van der Waals surface area (Å²) in [5.41, 5.74) is 0.313. The SMILES string of the molecule is CCC(CC(NC(=O)c1ccccc1)C(=O)O)[N+](=O)[O-]. The Bertz CT molecular complexity index is 489. The zero-order valence-electron chi connectivity index (χ0n) is 11.0. The summed E-state index contributed by atoms with van der Waals surface area (Å²) >= 11 is 0. The van der Waals surface area contributed by atoms with Gasteiger partial charge in [0, 0.05) is 23.3 Å². The first kappa shape index (κ1) is 15.6. The van der Waals surface area contributed by atoms with Gasteiger partial charge in [-0.1, -0.05) is 25.1 Å². The van der Waals surface area contributed by atoms with Crippen LogP contribution in [-0.2, 0) is 4.79 Å². The molecule has 0 aliphatic carbocycles. The second-order valence-electron chi connectivity index (χ2n) is 4.31. The number of rotatable bonds is 7. The largest absolute Gasteiger partial charge is 0.480 e. The third-order valence-electron chi connectivity index (χ3n) is 2.92. The van der Waals surface area contributed by atoms with E-state index in [9.17, 15) is 19.7 Å². The summed E-state index contributed by atoms with van der Waals surface area (Å²) in [6, 6.07) is 5.83. The quantitative estimate of drug-likeness (QED) is 0.578. The zero-order chi connectivity index (χ0) is 15.1. The van der Waals surface area contributed by atoms with Gasteiger partial charge in [-0.15, -0.1) is 0 Å². The van der Waals surface area contributed by atoms with Crippen LogP contribution in [0.15, 0.2) is 30.3 Å². The topological polar surface area (TPSA) is 110 Å². The van der Waals surface area contributed by atoms with Crippen LogP contribution in [0.5, 0.6) is 0 Å². The third kappa shape index (κ3) is 4.34. The van der Waals surface area contributed by atoms with Crippen molar-refractivity contribution in [1.82, 2.24) is 5.32 Å². The van der Waals surface area contributed by atoms with E-state index in [2.05, 4.69) is 5.32 Å². The number of carbonyl (C=O) groups is 2. The van der Waals surface area contributed by atoms with Crippen LogP contribution >= 0.6 is 0 Å². The Morgan fingerprint density at radius 1 is 1.35 bits per heavy atom. The van der Waals surface area contributed by atoms with Gasteiger partial charge in [-0.05, 0) is 12.1 Å². The van der Waals surface area contributed by atoms with Crippen LogP contribution in [0.2, 0.25) is 0 Å². The van der Waals surface area contributed by atoms with Crippen molar-refractivity contribution in [1.29, 1.82) is 0 Å². The predicted octanol–water partition coefficient (Wildman–Crippen LogP) is 1.31. The van der Waals surface area contributed by atoms with Crippen LogP contribution in [0.3, 0.4) is 0 Å². The van der Waals surface area contributed by atoms with Gasteiger partial charge in [0.1, 0.15) is 6.04 Å². The van der Waals surface area contributed by atoms with Crippen LogP contribution in [0.4, 0.5) is 0 Å². The molecule has 0 saturated carbocycles. The molecule has 0 spiro atoms. The van der Waals surface area contributed by atoms with Crippen LogP contribution < -0.4 is 5.32 Å². The highest BCUT2D eigenvalue weighted by Crippen LogP contribution is 2.08. The average molecular weight is 280 g/mol. The van der Waals surface area contributed by atoms with Crippen LogP contribution in [0.1, 0.15) is 30.1 Å². The van der Waals surface area contributed by atoms with Crippen molar-refractivity contribution < 1.29 is 19.6 Å². The summed E-state index contributed by atoms with van der Waals surface area (Å²) < 4.78 is 0. The molecule has 0 aliphatic heterocycles. The molecule has 1 amide bonds. The minimum Gasteiger partial charge on any atom is -0.480 e. The van der Waals surface area contributed by atoms with Gasteiger partial charge in [-0.2, -0.15) is 0 Å². The lowest BCUT2D eigenvalue weighted by molar-refractivity contribution is -0.524. The lowest BCUT2D eigenvalue weighted by Crippen LogP contribution is -2.44. The van der Waals surface area contributed by atoms with E-state index in [4.69, 9.17) is 5.11 Å². The number of amides is 1. The smallest absolute Gasteiger partial charge is 0.326 e. The summed E-state index contributed by atoms with van der Waals surface area (Å²) in [7, 11) is 0. The molecular weight excluding hydrogens is 264 g/mol. The van der Waals surface area contributed by atoms with E-state index in [1.54, 1.807) is 37.3 Å². The normalized spacial score (nSPS) is 13.2. The number of aliphatic carboxylic acids is 1. The Hall–Kier alpha value is -2.44. The van der Waals surface area contributed by atoms with Crippen molar-refractivity contribution in [3.05, 3.63) is 46.0 Å². The van der Waals surface area contributed by atoms with E-state index in [-0.39, 0.29) is 12.8 Å². The number of nitro groups is 1.